The Hall–Kier alpha value is -2.21. The summed E-state index contributed by atoms with van der Waals surface area (Å²) >= 11 is 0. The zero-order chi connectivity index (χ0) is 14.7. The Morgan fingerprint density at radius 1 is 1.29 bits per heavy atom. The maximum Gasteiger partial charge on any atom is 0.282 e. The number of piperazine rings is 1. The summed E-state index contributed by atoms with van der Waals surface area (Å²) in [5.41, 5.74) is 0.962. The molecule has 1 aliphatic rings. The molecule has 0 bridgehead atoms. The van der Waals surface area contributed by atoms with Crippen molar-refractivity contribution in [3.8, 4) is 11.4 Å². The van der Waals surface area contributed by atoms with E-state index in [0.717, 1.165) is 31.7 Å². The van der Waals surface area contributed by atoms with E-state index in [1.165, 1.54) is 4.90 Å². The highest BCUT2D eigenvalue weighted by Crippen LogP contribution is 2.14. The fourth-order valence-corrected chi connectivity index (χ4v) is 2.56. The number of benzene rings is 1. The Bertz CT molecular complexity index is 603. The number of carbonyl (C=O) groups excluding carboxylic acids is 1. The second-order valence-corrected chi connectivity index (χ2v) is 5.31. The summed E-state index contributed by atoms with van der Waals surface area (Å²) < 4.78 is 5.33. The third kappa shape index (κ3) is 3.28. The van der Waals surface area contributed by atoms with Crippen molar-refractivity contribution in [2.24, 2.45) is 0 Å². The first-order valence-electron chi connectivity index (χ1n) is 7.19. The summed E-state index contributed by atoms with van der Waals surface area (Å²) in [4.78, 5) is 19.0. The molecule has 6 nitrogen and oxygen atoms in total. The van der Waals surface area contributed by atoms with Gasteiger partial charge in [-0.05, 0) is 0 Å². The molecule has 110 valence electrons. The Morgan fingerprint density at radius 2 is 2.00 bits per heavy atom. The Morgan fingerprint density at radius 3 is 2.67 bits per heavy atom. The van der Waals surface area contributed by atoms with E-state index >= 15 is 0 Å². The topological polar surface area (TPSA) is 63.7 Å². The molecule has 0 atom stereocenters. The van der Waals surface area contributed by atoms with Crippen molar-refractivity contribution < 1.29 is 14.2 Å². The van der Waals surface area contributed by atoms with Crippen LogP contribution < -0.4 is 4.90 Å². The van der Waals surface area contributed by atoms with Gasteiger partial charge in [-0.3, -0.25) is 4.79 Å². The molecule has 0 radical (unpaired) electrons. The first-order chi connectivity index (χ1) is 10.2. The van der Waals surface area contributed by atoms with Gasteiger partial charge in [-0.15, -0.1) is 0 Å². The van der Waals surface area contributed by atoms with Gasteiger partial charge >= 0.3 is 0 Å². The number of aromatic nitrogens is 2. The van der Waals surface area contributed by atoms with Crippen LogP contribution in [0.5, 0.6) is 0 Å². The lowest BCUT2D eigenvalue weighted by molar-refractivity contribution is -0.918. The number of rotatable bonds is 3. The van der Waals surface area contributed by atoms with Gasteiger partial charge in [0, 0.05) is 12.5 Å². The van der Waals surface area contributed by atoms with Crippen LogP contribution in [0, 0.1) is 0 Å². The van der Waals surface area contributed by atoms with Crippen molar-refractivity contribution in [1.82, 2.24) is 15.0 Å². The number of nitrogens with zero attached hydrogens (tertiary/aromatic N) is 3. The normalized spacial score (nSPS) is 16.1. The molecule has 1 aromatic heterocycles. The van der Waals surface area contributed by atoms with E-state index in [9.17, 15) is 4.79 Å². The zero-order valence-corrected chi connectivity index (χ0v) is 12.1. The zero-order valence-electron chi connectivity index (χ0n) is 12.1. The van der Waals surface area contributed by atoms with Crippen molar-refractivity contribution in [3.63, 3.8) is 0 Å². The molecule has 6 heteroatoms. The molecular weight excluding hydrogens is 268 g/mol. The predicted molar refractivity (Wildman–Crippen MR) is 76.4 cm³/mol. The van der Waals surface area contributed by atoms with Gasteiger partial charge < -0.3 is 14.3 Å². The monoisotopic (exact) mass is 287 g/mol. The van der Waals surface area contributed by atoms with E-state index < -0.39 is 0 Å². The molecule has 1 amide bonds. The Labute approximate surface area is 123 Å². The first kappa shape index (κ1) is 13.8. The molecular formula is C15H19N4O2+. The molecule has 1 fully saturated rings. The average Bonchev–Trinajstić information content (AvgIpc) is 2.97. The Kier molecular flexibility index (Phi) is 3.96. The fraction of sp³-hybridized carbons (Fsp3) is 0.400. The number of hydrogen-bond acceptors (Lipinski definition) is 4. The lowest BCUT2D eigenvalue weighted by atomic mass is 10.2. The van der Waals surface area contributed by atoms with Crippen LogP contribution >= 0.6 is 0 Å². The van der Waals surface area contributed by atoms with E-state index in [1.54, 1.807) is 6.92 Å². The van der Waals surface area contributed by atoms with E-state index in [2.05, 4.69) is 10.1 Å². The number of carbonyl (C=O) groups is 1. The smallest absolute Gasteiger partial charge is 0.282 e. The van der Waals surface area contributed by atoms with Crippen LogP contribution in [-0.4, -0.2) is 47.1 Å². The SMILES string of the molecule is CC(=O)N1CC[NH+](Cc2nc(-c3ccccc3)no2)CC1. The van der Waals surface area contributed by atoms with Gasteiger partial charge in [0.2, 0.25) is 11.7 Å². The molecule has 0 unspecified atom stereocenters. The molecule has 1 aliphatic heterocycles. The fourth-order valence-electron chi connectivity index (χ4n) is 2.56. The maximum atomic E-state index is 11.3. The minimum Gasteiger partial charge on any atom is -0.333 e. The lowest BCUT2D eigenvalue weighted by Crippen LogP contribution is -3.13. The van der Waals surface area contributed by atoms with Crippen molar-refractivity contribution in [2.75, 3.05) is 26.2 Å². The summed E-state index contributed by atoms with van der Waals surface area (Å²) in [5, 5.41) is 4.03. The molecule has 3 rings (SSSR count). The molecule has 0 spiro atoms. The van der Waals surface area contributed by atoms with E-state index in [-0.39, 0.29) is 5.91 Å². The molecule has 2 aromatic rings. The minimum absolute atomic E-state index is 0.151. The first-order valence-corrected chi connectivity index (χ1v) is 7.19. The van der Waals surface area contributed by atoms with Crippen molar-refractivity contribution in [3.05, 3.63) is 36.2 Å². The van der Waals surface area contributed by atoms with Crippen LogP contribution in [0.15, 0.2) is 34.9 Å². The molecule has 2 heterocycles. The van der Waals surface area contributed by atoms with Gasteiger partial charge in [0.05, 0.1) is 26.2 Å². The molecule has 1 saturated heterocycles. The predicted octanol–water partition coefficient (Wildman–Crippen LogP) is -0.0164. The number of hydrogen-bond donors (Lipinski definition) is 1. The van der Waals surface area contributed by atoms with Gasteiger partial charge in [0.25, 0.3) is 5.89 Å². The standard InChI is InChI=1S/C15H18N4O2/c1-12(20)19-9-7-18(8-10-19)11-14-16-15(17-21-14)13-5-3-2-4-6-13/h2-6H,7-11H2,1H3/p+1. The summed E-state index contributed by atoms with van der Waals surface area (Å²) in [6, 6.07) is 9.80. The van der Waals surface area contributed by atoms with Crippen LogP contribution in [0.1, 0.15) is 12.8 Å². The van der Waals surface area contributed by atoms with Gasteiger partial charge in [0.15, 0.2) is 6.54 Å². The van der Waals surface area contributed by atoms with E-state index in [4.69, 9.17) is 4.52 Å². The highest BCUT2D eigenvalue weighted by molar-refractivity contribution is 5.73. The average molecular weight is 287 g/mol. The third-order valence-corrected chi connectivity index (χ3v) is 3.82. The lowest BCUT2D eigenvalue weighted by Gasteiger charge is -2.30. The summed E-state index contributed by atoms with van der Waals surface area (Å²) in [6.07, 6.45) is 0. The number of quaternary nitrogens is 1. The number of amides is 1. The summed E-state index contributed by atoms with van der Waals surface area (Å²) in [6.45, 7) is 5.76. The molecule has 1 N–H and O–H groups in total. The third-order valence-electron chi connectivity index (χ3n) is 3.82. The quantitative estimate of drug-likeness (QED) is 0.862. The van der Waals surface area contributed by atoms with Crippen LogP contribution in [0.2, 0.25) is 0 Å². The molecule has 1 aromatic carbocycles. The van der Waals surface area contributed by atoms with Crippen LogP contribution in [0.3, 0.4) is 0 Å². The van der Waals surface area contributed by atoms with Gasteiger partial charge in [-0.1, -0.05) is 35.5 Å². The van der Waals surface area contributed by atoms with Crippen molar-refractivity contribution in [2.45, 2.75) is 13.5 Å². The van der Waals surface area contributed by atoms with Crippen LogP contribution in [0.25, 0.3) is 11.4 Å². The van der Waals surface area contributed by atoms with Crippen LogP contribution in [0.4, 0.5) is 0 Å². The van der Waals surface area contributed by atoms with Gasteiger partial charge in [-0.25, -0.2) is 0 Å². The summed E-state index contributed by atoms with van der Waals surface area (Å²) in [5.74, 6) is 1.44. The number of nitrogens with one attached hydrogen (secondary N) is 1. The second-order valence-electron chi connectivity index (χ2n) is 5.31. The van der Waals surface area contributed by atoms with E-state index in [0.29, 0.717) is 18.3 Å². The minimum atomic E-state index is 0.151. The molecule has 0 saturated carbocycles. The highest BCUT2D eigenvalue weighted by Gasteiger charge is 2.23. The Balaban J connectivity index is 1.60. The van der Waals surface area contributed by atoms with Gasteiger partial charge in [0.1, 0.15) is 0 Å². The maximum absolute atomic E-state index is 11.3. The van der Waals surface area contributed by atoms with E-state index in [1.807, 2.05) is 35.2 Å². The largest absolute Gasteiger partial charge is 0.333 e. The van der Waals surface area contributed by atoms with Crippen molar-refractivity contribution in [1.29, 1.82) is 0 Å². The highest BCUT2D eigenvalue weighted by atomic mass is 16.5. The molecule has 21 heavy (non-hydrogen) atoms. The molecule has 0 aliphatic carbocycles. The van der Waals surface area contributed by atoms with Crippen molar-refractivity contribution >= 4 is 5.91 Å². The van der Waals surface area contributed by atoms with Crippen LogP contribution in [-0.2, 0) is 11.3 Å². The summed E-state index contributed by atoms with van der Waals surface area (Å²) in [7, 11) is 0. The van der Waals surface area contributed by atoms with Gasteiger partial charge in [-0.2, -0.15) is 4.98 Å². The second kappa shape index (κ2) is 6.05.